The lowest BCUT2D eigenvalue weighted by Crippen LogP contribution is -2.46. The van der Waals surface area contributed by atoms with E-state index >= 15 is 0 Å². The van der Waals surface area contributed by atoms with Crippen LogP contribution in [0.4, 0.5) is 14.9 Å². The Morgan fingerprint density at radius 2 is 1.89 bits per heavy atom. The molecule has 1 aromatic rings. The van der Waals surface area contributed by atoms with Gasteiger partial charge in [0.15, 0.2) is 0 Å². The number of hydrogen-bond acceptors (Lipinski definition) is 2. The molecule has 19 heavy (non-hydrogen) atoms. The molecule has 6 heteroatoms. The van der Waals surface area contributed by atoms with Crippen LogP contribution in [0, 0.1) is 11.7 Å². The minimum atomic E-state index is -0.999. The van der Waals surface area contributed by atoms with Gasteiger partial charge in [0.25, 0.3) is 0 Å². The number of nitrogens with one attached hydrogen (secondary N) is 1. The van der Waals surface area contributed by atoms with Crippen LogP contribution in [-0.4, -0.2) is 30.2 Å². The third kappa shape index (κ3) is 3.67. The number of urea groups is 1. The first kappa shape index (κ1) is 14.9. The number of halogens is 1. The van der Waals surface area contributed by atoms with E-state index in [1.165, 1.54) is 32.2 Å². The highest BCUT2D eigenvalue weighted by Crippen LogP contribution is 2.17. The van der Waals surface area contributed by atoms with Gasteiger partial charge in [0.05, 0.1) is 11.6 Å². The molecule has 0 aliphatic heterocycles. The van der Waals surface area contributed by atoms with Crippen molar-refractivity contribution in [3.63, 3.8) is 0 Å². The SMILES string of the molecule is CC(NC(=O)N(C)c1ccccc1F)C(C)C(=O)O. The Hall–Kier alpha value is -2.11. The van der Waals surface area contributed by atoms with E-state index in [0.717, 1.165) is 4.90 Å². The average Bonchev–Trinajstić information content (AvgIpc) is 2.37. The lowest BCUT2D eigenvalue weighted by atomic mass is 10.0. The Labute approximate surface area is 111 Å². The molecule has 0 radical (unpaired) electrons. The summed E-state index contributed by atoms with van der Waals surface area (Å²) in [6.07, 6.45) is 0. The minimum Gasteiger partial charge on any atom is -0.481 e. The number of aliphatic carboxylic acids is 1. The van der Waals surface area contributed by atoms with Crippen molar-refractivity contribution >= 4 is 17.7 Å². The molecule has 0 fully saturated rings. The molecule has 1 aromatic carbocycles. The molecule has 0 aliphatic rings. The Morgan fingerprint density at radius 3 is 2.42 bits per heavy atom. The summed E-state index contributed by atoms with van der Waals surface area (Å²) in [5, 5.41) is 11.4. The quantitative estimate of drug-likeness (QED) is 0.878. The number of nitrogens with zero attached hydrogens (tertiary/aromatic N) is 1. The number of amides is 2. The number of hydrogen-bond donors (Lipinski definition) is 2. The Balaban J connectivity index is 2.74. The topological polar surface area (TPSA) is 69.6 Å². The van der Waals surface area contributed by atoms with Gasteiger partial charge in [0.2, 0.25) is 0 Å². The van der Waals surface area contributed by atoms with Crippen molar-refractivity contribution < 1.29 is 19.1 Å². The predicted octanol–water partition coefficient (Wildman–Crippen LogP) is 2.08. The van der Waals surface area contributed by atoms with Gasteiger partial charge in [-0.25, -0.2) is 9.18 Å². The lowest BCUT2D eigenvalue weighted by molar-refractivity contribution is -0.141. The van der Waals surface area contributed by atoms with Crippen molar-refractivity contribution in [2.24, 2.45) is 5.92 Å². The fourth-order valence-corrected chi connectivity index (χ4v) is 1.46. The van der Waals surface area contributed by atoms with Crippen LogP contribution in [0.1, 0.15) is 13.8 Å². The molecule has 0 heterocycles. The van der Waals surface area contributed by atoms with Crippen LogP contribution in [0.5, 0.6) is 0 Å². The van der Waals surface area contributed by atoms with Gasteiger partial charge in [-0.3, -0.25) is 9.69 Å². The third-order valence-corrected chi connectivity index (χ3v) is 3.01. The molecule has 1 rings (SSSR count). The van der Waals surface area contributed by atoms with Gasteiger partial charge >= 0.3 is 12.0 Å². The monoisotopic (exact) mass is 268 g/mol. The molecule has 0 spiro atoms. The summed E-state index contributed by atoms with van der Waals surface area (Å²) < 4.78 is 13.5. The summed E-state index contributed by atoms with van der Waals surface area (Å²) in [6.45, 7) is 3.09. The number of carbonyl (C=O) groups excluding carboxylic acids is 1. The van der Waals surface area contributed by atoms with Crippen molar-refractivity contribution in [3.8, 4) is 0 Å². The first-order chi connectivity index (χ1) is 8.84. The summed E-state index contributed by atoms with van der Waals surface area (Å²) in [7, 11) is 1.42. The van der Waals surface area contributed by atoms with Gasteiger partial charge in [0.1, 0.15) is 5.82 Å². The third-order valence-electron chi connectivity index (χ3n) is 3.01. The van der Waals surface area contributed by atoms with Crippen LogP contribution in [0.15, 0.2) is 24.3 Å². The zero-order valence-electron chi connectivity index (χ0n) is 11.1. The maximum Gasteiger partial charge on any atom is 0.321 e. The first-order valence-corrected chi connectivity index (χ1v) is 5.86. The fourth-order valence-electron chi connectivity index (χ4n) is 1.46. The van der Waals surface area contributed by atoms with Gasteiger partial charge in [0, 0.05) is 13.1 Å². The van der Waals surface area contributed by atoms with Gasteiger partial charge in [-0.2, -0.15) is 0 Å². The van der Waals surface area contributed by atoms with E-state index in [9.17, 15) is 14.0 Å². The molecule has 2 N–H and O–H groups in total. The van der Waals surface area contributed by atoms with Crippen LogP contribution in [0.2, 0.25) is 0 Å². The second-order valence-electron chi connectivity index (χ2n) is 4.38. The molecular formula is C13H17FN2O3. The molecule has 2 amide bonds. The Kier molecular flexibility index (Phi) is 4.86. The van der Waals surface area contributed by atoms with Crippen molar-refractivity contribution in [1.29, 1.82) is 0 Å². The highest BCUT2D eigenvalue weighted by atomic mass is 19.1. The average molecular weight is 268 g/mol. The summed E-state index contributed by atoms with van der Waals surface area (Å²) in [6, 6.07) is 4.76. The predicted molar refractivity (Wildman–Crippen MR) is 69.6 cm³/mol. The molecular weight excluding hydrogens is 251 g/mol. The van der Waals surface area contributed by atoms with Gasteiger partial charge in [-0.15, -0.1) is 0 Å². The molecule has 2 unspecified atom stereocenters. The fraction of sp³-hybridized carbons (Fsp3) is 0.385. The first-order valence-electron chi connectivity index (χ1n) is 5.86. The van der Waals surface area contributed by atoms with E-state index in [0.29, 0.717) is 0 Å². The lowest BCUT2D eigenvalue weighted by Gasteiger charge is -2.23. The summed E-state index contributed by atoms with van der Waals surface area (Å²) in [5.74, 6) is -2.24. The highest BCUT2D eigenvalue weighted by molar-refractivity contribution is 5.92. The van der Waals surface area contributed by atoms with Crippen molar-refractivity contribution in [2.45, 2.75) is 19.9 Å². The molecule has 0 bridgehead atoms. The van der Waals surface area contributed by atoms with Crippen molar-refractivity contribution in [1.82, 2.24) is 5.32 Å². The van der Waals surface area contributed by atoms with Crippen LogP contribution < -0.4 is 10.2 Å². The second-order valence-corrected chi connectivity index (χ2v) is 4.38. The number of anilines is 1. The maximum atomic E-state index is 13.5. The molecule has 5 nitrogen and oxygen atoms in total. The standard InChI is InChI=1S/C13H17FN2O3/c1-8(12(17)18)9(2)15-13(19)16(3)11-7-5-4-6-10(11)14/h4-9H,1-3H3,(H,15,19)(H,17,18). The number of carbonyl (C=O) groups is 2. The van der Waals surface area contributed by atoms with E-state index in [2.05, 4.69) is 5.32 Å². The molecule has 0 aliphatic carbocycles. The smallest absolute Gasteiger partial charge is 0.321 e. The van der Waals surface area contributed by atoms with Crippen molar-refractivity contribution in [3.05, 3.63) is 30.1 Å². The number of carboxylic acids is 1. The number of rotatable bonds is 4. The van der Waals surface area contributed by atoms with E-state index in [4.69, 9.17) is 5.11 Å². The maximum absolute atomic E-state index is 13.5. The van der Waals surface area contributed by atoms with Gasteiger partial charge in [-0.05, 0) is 26.0 Å². The van der Waals surface area contributed by atoms with Crippen LogP contribution in [0.3, 0.4) is 0 Å². The van der Waals surface area contributed by atoms with Crippen molar-refractivity contribution in [2.75, 3.05) is 11.9 Å². The Morgan fingerprint density at radius 1 is 1.32 bits per heavy atom. The van der Waals surface area contributed by atoms with Gasteiger partial charge in [-0.1, -0.05) is 12.1 Å². The normalized spacial score (nSPS) is 13.5. The molecule has 0 saturated carbocycles. The van der Waals surface area contributed by atoms with Crippen LogP contribution in [-0.2, 0) is 4.79 Å². The van der Waals surface area contributed by atoms with E-state index in [1.54, 1.807) is 13.0 Å². The van der Waals surface area contributed by atoms with Gasteiger partial charge < -0.3 is 10.4 Å². The number of carboxylic acid groups (broad SMARTS) is 1. The van der Waals surface area contributed by atoms with Crippen LogP contribution in [0.25, 0.3) is 0 Å². The summed E-state index contributed by atoms with van der Waals surface area (Å²) in [4.78, 5) is 23.8. The van der Waals surface area contributed by atoms with E-state index in [-0.39, 0.29) is 5.69 Å². The zero-order chi connectivity index (χ0) is 14.6. The summed E-state index contributed by atoms with van der Waals surface area (Å²) in [5.41, 5.74) is 0.134. The number of benzene rings is 1. The molecule has 104 valence electrons. The largest absolute Gasteiger partial charge is 0.481 e. The molecule has 2 atom stereocenters. The Bertz CT molecular complexity index is 479. The summed E-state index contributed by atoms with van der Waals surface area (Å²) >= 11 is 0. The van der Waals surface area contributed by atoms with E-state index in [1.807, 2.05) is 0 Å². The second kappa shape index (κ2) is 6.17. The highest BCUT2D eigenvalue weighted by Gasteiger charge is 2.23. The zero-order valence-corrected chi connectivity index (χ0v) is 11.1. The molecule has 0 saturated heterocycles. The molecule has 0 aromatic heterocycles. The van der Waals surface area contributed by atoms with Crippen LogP contribution >= 0.6 is 0 Å². The minimum absolute atomic E-state index is 0.134. The number of para-hydroxylation sites is 1. The van der Waals surface area contributed by atoms with E-state index < -0.39 is 29.8 Å².